The van der Waals surface area contributed by atoms with Gasteiger partial charge in [-0.2, -0.15) is 4.31 Å². The van der Waals surface area contributed by atoms with Crippen molar-refractivity contribution < 1.29 is 22.9 Å². The predicted molar refractivity (Wildman–Crippen MR) is 109 cm³/mol. The van der Waals surface area contributed by atoms with Crippen molar-refractivity contribution in [3.63, 3.8) is 0 Å². The van der Waals surface area contributed by atoms with Gasteiger partial charge in [-0.1, -0.05) is 0 Å². The average molecular weight is 424 g/mol. The summed E-state index contributed by atoms with van der Waals surface area (Å²) < 4.78 is 26.7. The van der Waals surface area contributed by atoms with E-state index in [0.29, 0.717) is 38.3 Å². The van der Waals surface area contributed by atoms with E-state index in [0.717, 1.165) is 25.9 Å². The van der Waals surface area contributed by atoms with Crippen molar-refractivity contribution >= 4 is 21.8 Å². The molecule has 0 spiro atoms. The average Bonchev–Trinajstić information content (AvgIpc) is 3.23. The van der Waals surface area contributed by atoms with Crippen LogP contribution in [0.25, 0.3) is 0 Å². The molecule has 160 valence electrons. The molecule has 0 saturated carbocycles. The molecular formula is C20H31N4O4S+. The van der Waals surface area contributed by atoms with Crippen molar-refractivity contribution in [3.05, 3.63) is 29.8 Å². The first-order valence-corrected chi connectivity index (χ1v) is 11.7. The van der Waals surface area contributed by atoms with Crippen LogP contribution in [0.5, 0.6) is 0 Å². The standard InChI is InChI=1S/C20H30N4O4S/c1-16(2)21-19(25)15-22-11-13-23(14-12-22)20(26)17-5-7-18(8-6-17)29(27,28)24-9-3-4-10-24/h5-8,16H,3-4,9-15H2,1-2H3,(H,21,25)/p+1. The molecule has 0 atom stereocenters. The van der Waals surface area contributed by atoms with Gasteiger partial charge < -0.3 is 15.1 Å². The summed E-state index contributed by atoms with van der Waals surface area (Å²) in [6.07, 6.45) is 1.78. The molecule has 2 fully saturated rings. The Morgan fingerprint density at radius 2 is 1.62 bits per heavy atom. The molecule has 2 aliphatic heterocycles. The number of hydrogen-bond donors (Lipinski definition) is 2. The molecular weight excluding hydrogens is 392 g/mol. The molecule has 2 N–H and O–H groups in total. The molecule has 0 unspecified atom stereocenters. The monoisotopic (exact) mass is 423 g/mol. The van der Waals surface area contributed by atoms with E-state index in [-0.39, 0.29) is 22.8 Å². The summed E-state index contributed by atoms with van der Waals surface area (Å²) in [5.41, 5.74) is 0.492. The Morgan fingerprint density at radius 1 is 1.03 bits per heavy atom. The van der Waals surface area contributed by atoms with E-state index in [9.17, 15) is 18.0 Å². The van der Waals surface area contributed by atoms with E-state index < -0.39 is 10.0 Å². The van der Waals surface area contributed by atoms with Crippen LogP contribution in [0.2, 0.25) is 0 Å². The number of amides is 2. The highest BCUT2D eigenvalue weighted by Gasteiger charge is 2.29. The van der Waals surface area contributed by atoms with Crippen molar-refractivity contribution in [1.29, 1.82) is 0 Å². The number of hydrogen-bond acceptors (Lipinski definition) is 4. The summed E-state index contributed by atoms with van der Waals surface area (Å²) in [4.78, 5) is 27.8. The van der Waals surface area contributed by atoms with Crippen LogP contribution in [-0.4, -0.2) is 81.3 Å². The zero-order valence-corrected chi connectivity index (χ0v) is 18.0. The molecule has 0 radical (unpaired) electrons. The second-order valence-electron chi connectivity index (χ2n) is 8.08. The highest BCUT2D eigenvalue weighted by atomic mass is 32.2. The van der Waals surface area contributed by atoms with Gasteiger partial charge in [0.25, 0.3) is 11.8 Å². The van der Waals surface area contributed by atoms with Gasteiger partial charge in [0.15, 0.2) is 6.54 Å². The van der Waals surface area contributed by atoms with E-state index in [4.69, 9.17) is 0 Å². The van der Waals surface area contributed by atoms with Gasteiger partial charge in [0.1, 0.15) is 0 Å². The third-order valence-corrected chi connectivity index (χ3v) is 7.33. The molecule has 3 rings (SSSR count). The second-order valence-corrected chi connectivity index (χ2v) is 10.0. The Hall–Kier alpha value is -1.97. The van der Waals surface area contributed by atoms with Gasteiger partial charge in [-0.3, -0.25) is 9.59 Å². The maximum absolute atomic E-state index is 12.8. The summed E-state index contributed by atoms with van der Waals surface area (Å²) in [6, 6.07) is 6.38. The number of nitrogens with one attached hydrogen (secondary N) is 2. The van der Waals surface area contributed by atoms with Gasteiger partial charge >= 0.3 is 0 Å². The lowest BCUT2D eigenvalue weighted by atomic mass is 10.2. The highest BCUT2D eigenvalue weighted by Crippen LogP contribution is 2.21. The molecule has 29 heavy (non-hydrogen) atoms. The fraction of sp³-hybridized carbons (Fsp3) is 0.600. The number of carbonyl (C=O) groups is 2. The van der Waals surface area contributed by atoms with Gasteiger partial charge in [0, 0.05) is 24.7 Å². The summed E-state index contributed by atoms with van der Waals surface area (Å²) in [5, 5.41) is 2.89. The molecule has 1 aromatic rings. The molecule has 0 aromatic heterocycles. The molecule has 0 aliphatic carbocycles. The van der Waals surface area contributed by atoms with E-state index in [1.807, 2.05) is 13.8 Å². The van der Waals surface area contributed by atoms with Crippen molar-refractivity contribution in [2.24, 2.45) is 0 Å². The normalized spacial score (nSPS) is 18.9. The molecule has 1 aromatic carbocycles. The lowest BCUT2D eigenvalue weighted by Gasteiger charge is -2.32. The van der Waals surface area contributed by atoms with Crippen LogP contribution in [0, 0.1) is 0 Å². The maximum Gasteiger partial charge on any atom is 0.275 e. The number of nitrogens with zero attached hydrogens (tertiary/aromatic N) is 2. The van der Waals surface area contributed by atoms with Crippen LogP contribution in [0.4, 0.5) is 0 Å². The molecule has 2 saturated heterocycles. The third-order valence-electron chi connectivity index (χ3n) is 5.42. The van der Waals surface area contributed by atoms with E-state index in [2.05, 4.69) is 5.32 Å². The van der Waals surface area contributed by atoms with Crippen LogP contribution in [0.1, 0.15) is 37.0 Å². The number of piperazine rings is 1. The van der Waals surface area contributed by atoms with Crippen molar-refractivity contribution in [2.75, 3.05) is 45.8 Å². The van der Waals surface area contributed by atoms with Gasteiger partial charge in [0.05, 0.1) is 31.1 Å². The van der Waals surface area contributed by atoms with Crippen molar-refractivity contribution in [3.8, 4) is 0 Å². The molecule has 2 amide bonds. The lowest BCUT2D eigenvalue weighted by Crippen LogP contribution is -3.15. The Bertz CT molecular complexity index is 825. The number of carbonyl (C=O) groups excluding carboxylic acids is 2. The zero-order valence-electron chi connectivity index (χ0n) is 17.2. The van der Waals surface area contributed by atoms with Gasteiger partial charge in [0.2, 0.25) is 10.0 Å². The lowest BCUT2D eigenvalue weighted by molar-refractivity contribution is -0.896. The molecule has 0 bridgehead atoms. The van der Waals surface area contributed by atoms with E-state index >= 15 is 0 Å². The fourth-order valence-corrected chi connectivity index (χ4v) is 5.35. The molecule has 2 aliphatic rings. The Kier molecular flexibility index (Phi) is 6.92. The van der Waals surface area contributed by atoms with Gasteiger partial charge in [-0.05, 0) is 51.0 Å². The van der Waals surface area contributed by atoms with Gasteiger partial charge in [-0.25, -0.2) is 8.42 Å². The minimum atomic E-state index is -3.47. The van der Waals surface area contributed by atoms with Crippen LogP contribution in [0.15, 0.2) is 29.2 Å². The second kappa shape index (κ2) is 9.23. The zero-order chi connectivity index (χ0) is 21.0. The minimum absolute atomic E-state index is 0.0320. The molecule has 8 nitrogen and oxygen atoms in total. The molecule has 9 heteroatoms. The fourth-order valence-electron chi connectivity index (χ4n) is 3.83. The van der Waals surface area contributed by atoms with E-state index in [1.165, 1.54) is 21.3 Å². The largest absolute Gasteiger partial charge is 0.349 e. The Balaban J connectivity index is 1.55. The topological polar surface area (TPSA) is 91.2 Å². The maximum atomic E-state index is 12.8. The predicted octanol–water partition coefficient (Wildman–Crippen LogP) is -0.664. The minimum Gasteiger partial charge on any atom is -0.349 e. The molecule has 2 heterocycles. The number of quaternary nitrogens is 1. The number of rotatable bonds is 6. The summed E-state index contributed by atoms with van der Waals surface area (Å²) >= 11 is 0. The first-order valence-electron chi connectivity index (χ1n) is 10.3. The van der Waals surface area contributed by atoms with Gasteiger partial charge in [-0.15, -0.1) is 0 Å². The van der Waals surface area contributed by atoms with Crippen LogP contribution < -0.4 is 10.2 Å². The quantitative estimate of drug-likeness (QED) is 0.635. The van der Waals surface area contributed by atoms with Crippen LogP contribution in [-0.2, 0) is 14.8 Å². The summed E-state index contributed by atoms with van der Waals surface area (Å²) in [7, 11) is -3.47. The van der Waals surface area contributed by atoms with Crippen LogP contribution in [0.3, 0.4) is 0 Å². The summed E-state index contributed by atoms with van der Waals surface area (Å²) in [6.45, 7) is 8.02. The Morgan fingerprint density at radius 3 is 2.17 bits per heavy atom. The third kappa shape index (κ3) is 5.34. The van der Waals surface area contributed by atoms with Crippen molar-refractivity contribution in [2.45, 2.75) is 37.6 Å². The van der Waals surface area contributed by atoms with Crippen LogP contribution >= 0.6 is 0 Å². The first-order chi connectivity index (χ1) is 13.8. The smallest absolute Gasteiger partial charge is 0.275 e. The highest BCUT2D eigenvalue weighted by molar-refractivity contribution is 7.89. The number of benzene rings is 1. The summed E-state index contributed by atoms with van der Waals surface area (Å²) in [5.74, 6) is -0.0645. The Labute approximate surface area is 172 Å². The first kappa shape index (κ1) is 21.7. The van der Waals surface area contributed by atoms with E-state index in [1.54, 1.807) is 17.0 Å². The van der Waals surface area contributed by atoms with Crippen molar-refractivity contribution in [1.82, 2.24) is 14.5 Å². The number of sulfonamides is 1. The SMILES string of the molecule is CC(C)NC(=O)C[NH+]1CCN(C(=O)c2ccc(S(=O)(=O)N3CCCC3)cc2)CC1.